The summed E-state index contributed by atoms with van der Waals surface area (Å²) in [6.45, 7) is 8.30. The Morgan fingerprint density at radius 3 is 2.07 bits per heavy atom. The summed E-state index contributed by atoms with van der Waals surface area (Å²) in [6, 6.07) is 6.46. The van der Waals surface area contributed by atoms with Gasteiger partial charge in [-0.15, -0.1) is 0 Å². The molecule has 160 valence electrons. The number of piperazine rings is 1. The molecule has 0 unspecified atom stereocenters. The highest BCUT2D eigenvalue weighted by Crippen LogP contribution is 2.17. The first kappa shape index (κ1) is 22.9. The van der Waals surface area contributed by atoms with E-state index in [-0.39, 0.29) is 16.9 Å². The fourth-order valence-corrected chi connectivity index (χ4v) is 4.52. The lowest BCUT2D eigenvalue weighted by Gasteiger charge is -2.33. The first-order valence-electron chi connectivity index (χ1n) is 9.82. The van der Waals surface area contributed by atoms with E-state index in [0.717, 1.165) is 5.56 Å². The molecule has 0 aliphatic carbocycles. The van der Waals surface area contributed by atoms with Gasteiger partial charge in [-0.1, -0.05) is 26.0 Å². The zero-order valence-electron chi connectivity index (χ0n) is 17.2. The topological polar surface area (TPSA) is 87.2 Å². The number of carbonyl (C=O) groups excluding carboxylic acids is 2. The summed E-state index contributed by atoms with van der Waals surface area (Å²) in [4.78, 5) is 27.6. The Bertz CT molecular complexity index is 824. The number of carbonyl (C=O) groups is 2. The number of nitrogens with zero attached hydrogens (tertiary/aromatic N) is 3. The summed E-state index contributed by atoms with van der Waals surface area (Å²) in [5, 5.41) is 0. The van der Waals surface area contributed by atoms with Gasteiger partial charge in [0.25, 0.3) is 0 Å². The molecule has 0 spiro atoms. The Kier molecular flexibility index (Phi) is 8.21. The SMILES string of the molecule is CCOC(=O)N1CCN(C(=O)/C=C/c2ccc(S(=O)(=O)N(CC)CC)cc2)CC1. The fourth-order valence-electron chi connectivity index (χ4n) is 3.06. The number of hydrogen-bond acceptors (Lipinski definition) is 5. The predicted octanol–water partition coefficient (Wildman–Crippen LogP) is 2.03. The maximum Gasteiger partial charge on any atom is 0.409 e. The second kappa shape index (κ2) is 10.4. The van der Waals surface area contributed by atoms with Crippen molar-refractivity contribution in [2.75, 3.05) is 45.9 Å². The van der Waals surface area contributed by atoms with Crippen LogP contribution in [0.2, 0.25) is 0 Å². The third-order valence-corrected chi connectivity index (χ3v) is 6.82. The standard InChI is InChI=1S/C20H29N3O5S/c1-4-23(5-2)29(26,27)18-10-7-17(8-11-18)9-12-19(24)21-13-15-22(16-14-21)20(25)28-6-3/h7-12H,4-6,13-16H2,1-3H3/b12-9+. The van der Waals surface area contributed by atoms with Gasteiger partial charge >= 0.3 is 6.09 Å². The highest BCUT2D eigenvalue weighted by atomic mass is 32.2. The summed E-state index contributed by atoms with van der Waals surface area (Å²) >= 11 is 0. The van der Waals surface area contributed by atoms with Crippen molar-refractivity contribution < 1.29 is 22.7 Å². The van der Waals surface area contributed by atoms with Crippen LogP contribution in [0.1, 0.15) is 26.3 Å². The minimum absolute atomic E-state index is 0.145. The van der Waals surface area contributed by atoms with E-state index in [1.54, 1.807) is 60.9 Å². The molecule has 1 aromatic rings. The van der Waals surface area contributed by atoms with E-state index in [1.165, 1.54) is 10.4 Å². The molecule has 2 rings (SSSR count). The Morgan fingerprint density at radius 1 is 1.00 bits per heavy atom. The van der Waals surface area contributed by atoms with Crippen molar-refractivity contribution in [1.82, 2.24) is 14.1 Å². The third kappa shape index (κ3) is 5.80. The van der Waals surface area contributed by atoms with Crippen LogP contribution in [0.3, 0.4) is 0 Å². The van der Waals surface area contributed by atoms with Crippen molar-refractivity contribution >= 4 is 28.1 Å². The number of sulfonamides is 1. The molecule has 0 saturated carbocycles. The molecule has 9 heteroatoms. The number of ether oxygens (including phenoxy) is 1. The second-order valence-corrected chi connectivity index (χ2v) is 8.44. The van der Waals surface area contributed by atoms with Gasteiger partial charge < -0.3 is 14.5 Å². The summed E-state index contributed by atoms with van der Waals surface area (Å²) in [6.07, 6.45) is 2.77. The molecule has 1 aromatic carbocycles. The zero-order chi connectivity index (χ0) is 21.4. The van der Waals surface area contributed by atoms with Gasteiger partial charge in [0.05, 0.1) is 11.5 Å². The molecule has 1 saturated heterocycles. The van der Waals surface area contributed by atoms with Gasteiger partial charge in [0.2, 0.25) is 15.9 Å². The molecule has 1 heterocycles. The summed E-state index contributed by atoms with van der Waals surface area (Å²) in [5.74, 6) is -0.145. The Hall–Kier alpha value is -2.39. The van der Waals surface area contributed by atoms with Gasteiger partial charge in [-0.05, 0) is 30.7 Å². The first-order chi connectivity index (χ1) is 13.8. The van der Waals surface area contributed by atoms with Crippen molar-refractivity contribution in [2.24, 2.45) is 0 Å². The monoisotopic (exact) mass is 423 g/mol. The summed E-state index contributed by atoms with van der Waals surface area (Å²) < 4.78 is 31.4. The molecule has 1 aliphatic heterocycles. The molecule has 0 bridgehead atoms. The lowest BCUT2D eigenvalue weighted by atomic mass is 10.2. The zero-order valence-corrected chi connectivity index (χ0v) is 18.0. The highest BCUT2D eigenvalue weighted by molar-refractivity contribution is 7.89. The third-order valence-electron chi connectivity index (χ3n) is 4.76. The number of rotatable bonds is 7. The minimum Gasteiger partial charge on any atom is -0.450 e. The molecule has 29 heavy (non-hydrogen) atoms. The molecule has 2 amide bonds. The van der Waals surface area contributed by atoms with E-state index in [2.05, 4.69) is 0 Å². The van der Waals surface area contributed by atoms with Crippen molar-refractivity contribution in [3.63, 3.8) is 0 Å². The quantitative estimate of drug-likeness (QED) is 0.626. The molecule has 0 aromatic heterocycles. The van der Waals surface area contributed by atoms with E-state index in [0.29, 0.717) is 45.9 Å². The number of amides is 2. The van der Waals surface area contributed by atoms with Gasteiger partial charge in [0.1, 0.15) is 0 Å². The van der Waals surface area contributed by atoms with Crippen molar-refractivity contribution in [1.29, 1.82) is 0 Å². The van der Waals surface area contributed by atoms with Crippen molar-refractivity contribution in [3.05, 3.63) is 35.9 Å². The van der Waals surface area contributed by atoms with Crippen LogP contribution in [0.4, 0.5) is 4.79 Å². The van der Waals surface area contributed by atoms with Crippen molar-refractivity contribution in [2.45, 2.75) is 25.7 Å². The van der Waals surface area contributed by atoms with Gasteiger partial charge in [-0.25, -0.2) is 13.2 Å². The molecular weight excluding hydrogens is 394 g/mol. The molecule has 1 aliphatic rings. The summed E-state index contributed by atoms with van der Waals surface area (Å²) in [5.41, 5.74) is 0.738. The molecule has 0 N–H and O–H groups in total. The van der Waals surface area contributed by atoms with Crippen LogP contribution in [0.25, 0.3) is 6.08 Å². The Labute approximate surface area is 172 Å². The second-order valence-electron chi connectivity index (χ2n) is 6.50. The van der Waals surface area contributed by atoms with Crippen LogP contribution in [0.5, 0.6) is 0 Å². The van der Waals surface area contributed by atoms with Gasteiger partial charge in [-0.2, -0.15) is 4.31 Å². The van der Waals surface area contributed by atoms with Gasteiger partial charge in [-0.3, -0.25) is 4.79 Å². The van der Waals surface area contributed by atoms with Crippen LogP contribution >= 0.6 is 0 Å². The average molecular weight is 424 g/mol. The maximum absolute atomic E-state index is 12.5. The van der Waals surface area contributed by atoms with E-state index in [4.69, 9.17) is 4.74 Å². The Balaban J connectivity index is 1.95. The van der Waals surface area contributed by atoms with E-state index in [9.17, 15) is 18.0 Å². The summed E-state index contributed by atoms with van der Waals surface area (Å²) in [7, 11) is -3.49. The van der Waals surface area contributed by atoms with Crippen LogP contribution < -0.4 is 0 Å². The highest BCUT2D eigenvalue weighted by Gasteiger charge is 2.24. The van der Waals surface area contributed by atoms with E-state index in [1.807, 2.05) is 0 Å². The van der Waals surface area contributed by atoms with E-state index < -0.39 is 10.0 Å². The maximum atomic E-state index is 12.5. The van der Waals surface area contributed by atoms with Gasteiger partial charge in [0.15, 0.2) is 0 Å². The molecular formula is C20H29N3O5S. The Morgan fingerprint density at radius 2 is 1.55 bits per heavy atom. The van der Waals surface area contributed by atoms with E-state index >= 15 is 0 Å². The number of hydrogen-bond donors (Lipinski definition) is 0. The molecule has 8 nitrogen and oxygen atoms in total. The average Bonchev–Trinajstić information content (AvgIpc) is 2.73. The molecule has 1 fully saturated rings. The molecule has 0 atom stereocenters. The normalized spacial score (nSPS) is 15.2. The first-order valence-corrected chi connectivity index (χ1v) is 11.3. The van der Waals surface area contributed by atoms with Crippen molar-refractivity contribution in [3.8, 4) is 0 Å². The largest absolute Gasteiger partial charge is 0.450 e. The lowest BCUT2D eigenvalue weighted by molar-refractivity contribution is -0.127. The number of benzene rings is 1. The lowest BCUT2D eigenvalue weighted by Crippen LogP contribution is -2.50. The fraction of sp³-hybridized carbons (Fsp3) is 0.500. The van der Waals surface area contributed by atoms with Crippen LogP contribution in [0, 0.1) is 0 Å². The minimum atomic E-state index is -3.49. The smallest absolute Gasteiger partial charge is 0.409 e. The molecule has 0 radical (unpaired) electrons. The predicted molar refractivity (Wildman–Crippen MR) is 111 cm³/mol. The van der Waals surface area contributed by atoms with Crippen LogP contribution in [-0.4, -0.2) is 80.4 Å². The van der Waals surface area contributed by atoms with Gasteiger partial charge in [0, 0.05) is 45.3 Å². The van der Waals surface area contributed by atoms with Crippen LogP contribution in [-0.2, 0) is 19.6 Å². The van der Waals surface area contributed by atoms with Crippen LogP contribution in [0.15, 0.2) is 35.2 Å².